The van der Waals surface area contributed by atoms with Crippen LogP contribution in [0, 0.1) is 0 Å². The molecule has 0 bridgehead atoms. The molecule has 2 N–H and O–H groups in total. The molecule has 2 heterocycles. The number of hydrogen-bond donors (Lipinski definition) is 2. The second-order valence-corrected chi connectivity index (χ2v) is 4.74. The molecule has 10 heteroatoms. The van der Waals surface area contributed by atoms with E-state index in [4.69, 9.17) is 0 Å². The maximum absolute atomic E-state index is 12.4. The highest BCUT2D eigenvalue weighted by atomic mass is 19.3. The number of H-pyrrole nitrogens is 1. The van der Waals surface area contributed by atoms with Crippen LogP contribution in [-0.2, 0) is 7.05 Å². The first-order valence-electron chi connectivity index (χ1n) is 6.79. The Hall–Kier alpha value is -3.30. The lowest BCUT2D eigenvalue weighted by Crippen LogP contribution is -2.12. The predicted molar refractivity (Wildman–Crippen MR) is 79.6 cm³/mol. The first-order chi connectivity index (χ1) is 11.5. The lowest BCUT2D eigenvalue weighted by Gasteiger charge is -2.07. The highest BCUT2D eigenvalue weighted by Gasteiger charge is 2.16. The number of alkyl halides is 2. The summed E-state index contributed by atoms with van der Waals surface area (Å²) in [7, 11) is 1.68. The van der Waals surface area contributed by atoms with Crippen LogP contribution in [-0.4, -0.2) is 37.5 Å². The van der Waals surface area contributed by atoms with Crippen molar-refractivity contribution in [1.82, 2.24) is 25.0 Å². The van der Waals surface area contributed by atoms with E-state index in [9.17, 15) is 13.6 Å². The van der Waals surface area contributed by atoms with Crippen molar-refractivity contribution in [2.24, 2.45) is 7.05 Å². The van der Waals surface area contributed by atoms with E-state index in [1.165, 1.54) is 23.1 Å². The molecule has 0 saturated carbocycles. The number of aryl methyl sites for hydroxylation is 1. The maximum atomic E-state index is 12.4. The molecular formula is C14H12F2N6O2. The molecular weight excluding hydrogens is 322 g/mol. The van der Waals surface area contributed by atoms with E-state index in [1.807, 2.05) is 0 Å². The van der Waals surface area contributed by atoms with E-state index in [0.717, 1.165) is 0 Å². The van der Waals surface area contributed by atoms with Crippen LogP contribution in [0.1, 0.15) is 10.4 Å². The van der Waals surface area contributed by atoms with E-state index in [2.05, 4.69) is 30.3 Å². The number of amides is 1. The number of ether oxygens (including phenoxy) is 1. The molecule has 1 amide bonds. The van der Waals surface area contributed by atoms with Gasteiger partial charge in [0.2, 0.25) is 5.95 Å². The number of para-hydroxylation sites is 1. The lowest BCUT2D eigenvalue weighted by atomic mass is 10.2. The standard InChI is InChI=1S/C14H12F2N6O2/c1-22-7-8(6-17-22)12(23)19-14-18-11(20-21-14)9-4-2-3-5-10(9)24-13(15)16/h2-7,13H,1H3,(H2,18,19,20,21,23). The Kier molecular flexibility index (Phi) is 4.18. The Balaban J connectivity index is 1.80. The number of hydrogen-bond acceptors (Lipinski definition) is 5. The van der Waals surface area contributed by atoms with Crippen LogP contribution in [0.3, 0.4) is 0 Å². The number of carbonyl (C=O) groups excluding carboxylic acids is 1. The van der Waals surface area contributed by atoms with Crippen LogP contribution in [0.25, 0.3) is 11.4 Å². The van der Waals surface area contributed by atoms with Crippen molar-refractivity contribution < 1.29 is 18.3 Å². The van der Waals surface area contributed by atoms with E-state index in [-0.39, 0.29) is 17.5 Å². The van der Waals surface area contributed by atoms with Crippen LogP contribution >= 0.6 is 0 Å². The number of aromatic amines is 1. The number of anilines is 1. The average molecular weight is 334 g/mol. The Morgan fingerprint density at radius 2 is 2.17 bits per heavy atom. The molecule has 3 rings (SSSR count). The fourth-order valence-electron chi connectivity index (χ4n) is 2.01. The van der Waals surface area contributed by atoms with Crippen LogP contribution in [0.15, 0.2) is 36.7 Å². The first kappa shape index (κ1) is 15.6. The molecule has 1 aromatic carbocycles. The SMILES string of the molecule is Cn1cc(C(=O)Nc2n[nH]c(-c3ccccc3OC(F)F)n2)cn1. The number of halogens is 2. The summed E-state index contributed by atoms with van der Waals surface area (Å²) in [6.45, 7) is -2.96. The number of rotatable bonds is 5. The van der Waals surface area contributed by atoms with Crippen LogP contribution in [0.4, 0.5) is 14.7 Å². The number of carbonyl (C=O) groups is 1. The molecule has 0 fully saturated rings. The second kappa shape index (κ2) is 6.44. The number of benzene rings is 1. The second-order valence-electron chi connectivity index (χ2n) is 4.74. The zero-order valence-electron chi connectivity index (χ0n) is 12.4. The van der Waals surface area contributed by atoms with E-state index >= 15 is 0 Å². The van der Waals surface area contributed by atoms with Crippen LogP contribution in [0.5, 0.6) is 5.75 Å². The van der Waals surface area contributed by atoms with Crippen LogP contribution < -0.4 is 10.1 Å². The van der Waals surface area contributed by atoms with Gasteiger partial charge in [-0.3, -0.25) is 19.9 Å². The zero-order valence-corrected chi connectivity index (χ0v) is 12.4. The number of nitrogens with zero attached hydrogens (tertiary/aromatic N) is 4. The minimum absolute atomic E-state index is 0.00528. The highest BCUT2D eigenvalue weighted by molar-refractivity contribution is 6.03. The molecule has 0 unspecified atom stereocenters. The summed E-state index contributed by atoms with van der Waals surface area (Å²) in [4.78, 5) is 16.1. The summed E-state index contributed by atoms with van der Waals surface area (Å²) in [5.74, 6) is -0.294. The van der Waals surface area contributed by atoms with Gasteiger partial charge in [-0.2, -0.15) is 18.9 Å². The minimum atomic E-state index is -2.96. The van der Waals surface area contributed by atoms with Gasteiger partial charge in [0.15, 0.2) is 5.82 Å². The largest absolute Gasteiger partial charge is 0.434 e. The third-order valence-corrected chi connectivity index (χ3v) is 3.04. The predicted octanol–water partition coefficient (Wildman–Crippen LogP) is 2.06. The number of aromatic nitrogens is 5. The van der Waals surface area contributed by atoms with Gasteiger partial charge in [0.25, 0.3) is 5.91 Å². The summed E-state index contributed by atoms with van der Waals surface area (Å²) in [6.07, 6.45) is 2.93. The molecule has 8 nitrogen and oxygen atoms in total. The van der Waals surface area contributed by atoms with Gasteiger partial charge in [-0.05, 0) is 12.1 Å². The quantitative estimate of drug-likeness (QED) is 0.744. The van der Waals surface area contributed by atoms with Gasteiger partial charge in [-0.25, -0.2) is 0 Å². The number of nitrogens with one attached hydrogen (secondary N) is 2. The van der Waals surface area contributed by atoms with Gasteiger partial charge in [0, 0.05) is 13.2 Å². The molecule has 2 aromatic heterocycles. The Morgan fingerprint density at radius 1 is 1.38 bits per heavy atom. The molecule has 3 aromatic rings. The molecule has 0 radical (unpaired) electrons. The molecule has 0 atom stereocenters. The topological polar surface area (TPSA) is 97.7 Å². The third kappa shape index (κ3) is 3.37. The maximum Gasteiger partial charge on any atom is 0.387 e. The van der Waals surface area contributed by atoms with Gasteiger partial charge in [-0.15, -0.1) is 5.10 Å². The summed E-state index contributed by atoms with van der Waals surface area (Å²) >= 11 is 0. The Morgan fingerprint density at radius 3 is 2.88 bits per heavy atom. The van der Waals surface area contributed by atoms with E-state index in [0.29, 0.717) is 11.1 Å². The summed E-state index contributed by atoms with van der Waals surface area (Å²) in [6, 6.07) is 6.13. The smallest absolute Gasteiger partial charge is 0.387 e. The van der Waals surface area contributed by atoms with Gasteiger partial charge in [0.05, 0.1) is 17.3 Å². The normalized spacial score (nSPS) is 10.8. The monoisotopic (exact) mass is 334 g/mol. The Labute approximate surface area is 134 Å². The average Bonchev–Trinajstić information content (AvgIpc) is 3.16. The van der Waals surface area contributed by atoms with Crippen molar-refractivity contribution in [2.45, 2.75) is 6.61 Å². The third-order valence-electron chi connectivity index (χ3n) is 3.04. The molecule has 0 spiro atoms. The minimum Gasteiger partial charge on any atom is -0.434 e. The van der Waals surface area contributed by atoms with Gasteiger partial charge < -0.3 is 4.74 Å². The van der Waals surface area contributed by atoms with Crippen molar-refractivity contribution in [3.05, 3.63) is 42.2 Å². The van der Waals surface area contributed by atoms with Crippen molar-refractivity contribution in [1.29, 1.82) is 0 Å². The van der Waals surface area contributed by atoms with Crippen molar-refractivity contribution in [3.8, 4) is 17.1 Å². The van der Waals surface area contributed by atoms with Gasteiger partial charge >= 0.3 is 6.61 Å². The lowest BCUT2D eigenvalue weighted by molar-refractivity contribution is -0.0494. The van der Waals surface area contributed by atoms with Crippen LogP contribution in [0.2, 0.25) is 0 Å². The molecule has 24 heavy (non-hydrogen) atoms. The fraction of sp³-hybridized carbons (Fsp3) is 0.143. The fourth-order valence-corrected chi connectivity index (χ4v) is 2.01. The van der Waals surface area contributed by atoms with Crippen molar-refractivity contribution in [3.63, 3.8) is 0 Å². The molecule has 0 aliphatic carbocycles. The van der Waals surface area contributed by atoms with Gasteiger partial charge in [0.1, 0.15) is 5.75 Å². The Bertz CT molecular complexity index is 860. The van der Waals surface area contributed by atoms with Crippen molar-refractivity contribution >= 4 is 11.9 Å². The van der Waals surface area contributed by atoms with E-state index in [1.54, 1.807) is 25.2 Å². The summed E-state index contributed by atoms with van der Waals surface area (Å²) < 4.78 is 30.8. The highest BCUT2D eigenvalue weighted by Crippen LogP contribution is 2.28. The molecule has 0 aliphatic rings. The zero-order chi connectivity index (χ0) is 17.1. The first-order valence-corrected chi connectivity index (χ1v) is 6.79. The van der Waals surface area contributed by atoms with Gasteiger partial charge in [-0.1, -0.05) is 12.1 Å². The molecule has 0 saturated heterocycles. The molecule has 124 valence electrons. The summed E-state index contributed by atoms with van der Waals surface area (Å²) in [5, 5.41) is 12.8. The van der Waals surface area contributed by atoms with Crippen molar-refractivity contribution in [2.75, 3.05) is 5.32 Å². The molecule has 0 aliphatic heterocycles. The van der Waals surface area contributed by atoms with E-state index < -0.39 is 12.5 Å². The summed E-state index contributed by atoms with van der Waals surface area (Å²) in [5.41, 5.74) is 0.637.